The van der Waals surface area contributed by atoms with Gasteiger partial charge in [0, 0.05) is 51.0 Å². The van der Waals surface area contributed by atoms with Gasteiger partial charge in [-0.2, -0.15) is 4.98 Å². The van der Waals surface area contributed by atoms with Crippen molar-refractivity contribution in [3.63, 3.8) is 0 Å². The first-order valence-electron chi connectivity index (χ1n) is 8.59. The van der Waals surface area contributed by atoms with Gasteiger partial charge in [-0.25, -0.2) is 4.98 Å². The number of aryl methyl sites for hydroxylation is 1. The molecule has 1 aliphatic carbocycles. The highest BCUT2D eigenvalue weighted by Crippen LogP contribution is 2.38. The summed E-state index contributed by atoms with van der Waals surface area (Å²) in [6.45, 7) is 9.03. The van der Waals surface area contributed by atoms with Crippen molar-refractivity contribution in [2.45, 2.75) is 45.3 Å². The molecule has 1 aliphatic heterocycles. The Morgan fingerprint density at radius 1 is 1.13 bits per heavy atom. The Morgan fingerprint density at radius 3 is 2.57 bits per heavy atom. The summed E-state index contributed by atoms with van der Waals surface area (Å²) in [6.07, 6.45) is 6.37. The molecule has 1 saturated carbocycles. The lowest BCUT2D eigenvalue weighted by Crippen LogP contribution is -2.45. The van der Waals surface area contributed by atoms with E-state index in [-0.39, 0.29) is 0 Å². The van der Waals surface area contributed by atoms with E-state index < -0.39 is 0 Å². The fourth-order valence-electron chi connectivity index (χ4n) is 3.12. The van der Waals surface area contributed by atoms with Gasteiger partial charge in [0.2, 0.25) is 5.89 Å². The van der Waals surface area contributed by atoms with Gasteiger partial charge in [-0.15, -0.1) is 0 Å². The van der Waals surface area contributed by atoms with E-state index in [1.165, 1.54) is 12.8 Å². The molecule has 124 valence electrons. The number of aromatic nitrogens is 4. The van der Waals surface area contributed by atoms with Crippen LogP contribution >= 0.6 is 0 Å². The van der Waals surface area contributed by atoms with E-state index in [0.29, 0.717) is 5.92 Å². The molecule has 2 aromatic heterocycles. The van der Waals surface area contributed by atoms with Crippen LogP contribution in [0.25, 0.3) is 0 Å². The molecule has 0 aromatic carbocycles. The minimum Gasteiger partial charge on any atom is -0.338 e. The second-order valence-electron chi connectivity index (χ2n) is 6.50. The summed E-state index contributed by atoms with van der Waals surface area (Å²) in [5.41, 5.74) is 0. The van der Waals surface area contributed by atoms with Crippen molar-refractivity contribution in [3.8, 4) is 0 Å². The second kappa shape index (κ2) is 6.41. The molecule has 7 nitrogen and oxygen atoms in total. The van der Waals surface area contributed by atoms with Gasteiger partial charge in [0.25, 0.3) is 0 Å². The molecule has 0 amide bonds. The number of hydrogen-bond donors (Lipinski definition) is 0. The Morgan fingerprint density at radius 2 is 1.87 bits per heavy atom. The van der Waals surface area contributed by atoms with Gasteiger partial charge in [-0.1, -0.05) is 5.16 Å². The van der Waals surface area contributed by atoms with E-state index in [1.807, 2.05) is 6.20 Å². The van der Waals surface area contributed by atoms with Crippen LogP contribution < -0.4 is 0 Å². The summed E-state index contributed by atoms with van der Waals surface area (Å²) in [7, 11) is 0. The number of rotatable bonds is 6. The van der Waals surface area contributed by atoms with Gasteiger partial charge in [0.1, 0.15) is 5.82 Å². The van der Waals surface area contributed by atoms with Crippen molar-refractivity contribution >= 4 is 0 Å². The van der Waals surface area contributed by atoms with Gasteiger partial charge in [-0.3, -0.25) is 9.80 Å². The predicted molar refractivity (Wildman–Crippen MR) is 84.7 cm³/mol. The Hall–Kier alpha value is -1.73. The summed E-state index contributed by atoms with van der Waals surface area (Å²) in [4.78, 5) is 13.9. The molecule has 2 aliphatic rings. The zero-order valence-corrected chi connectivity index (χ0v) is 13.7. The molecule has 1 saturated heterocycles. The highest BCUT2D eigenvalue weighted by Gasteiger charge is 2.29. The Labute approximate surface area is 136 Å². The van der Waals surface area contributed by atoms with Crippen LogP contribution in [0.2, 0.25) is 0 Å². The van der Waals surface area contributed by atoms with Crippen molar-refractivity contribution < 1.29 is 4.52 Å². The first-order valence-corrected chi connectivity index (χ1v) is 8.59. The molecule has 0 radical (unpaired) electrons. The molecule has 0 unspecified atom stereocenters. The maximum atomic E-state index is 5.38. The molecule has 0 bridgehead atoms. The van der Waals surface area contributed by atoms with Crippen molar-refractivity contribution in [1.29, 1.82) is 0 Å². The van der Waals surface area contributed by atoms with Crippen molar-refractivity contribution in [3.05, 3.63) is 29.9 Å². The predicted octanol–water partition coefficient (Wildman–Crippen LogP) is 1.48. The molecule has 0 atom stereocenters. The summed E-state index contributed by atoms with van der Waals surface area (Å²) in [5.74, 6) is 3.39. The SMILES string of the molecule is CCn1ccnc1CN1CCN(Cc2nc(C3CC3)no2)CC1. The zero-order chi connectivity index (χ0) is 15.6. The van der Waals surface area contributed by atoms with Crippen molar-refractivity contribution in [2.75, 3.05) is 26.2 Å². The standard InChI is InChI=1S/C16H24N6O/c1-2-22-6-5-17-14(22)11-20-7-9-21(10-8-20)12-15-18-16(19-23-15)13-3-4-13/h5-6,13H,2-4,7-12H2,1H3. The lowest BCUT2D eigenvalue weighted by Gasteiger charge is -2.33. The normalized spacial score (nSPS) is 20.2. The van der Waals surface area contributed by atoms with Crippen LogP contribution in [0.3, 0.4) is 0 Å². The van der Waals surface area contributed by atoms with E-state index >= 15 is 0 Å². The molecule has 2 fully saturated rings. The van der Waals surface area contributed by atoms with Gasteiger partial charge in [0.15, 0.2) is 5.82 Å². The fraction of sp³-hybridized carbons (Fsp3) is 0.688. The van der Waals surface area contributed by atoms with E-state index in [0.717, 1.165) is 63.4 Å². The highest BCUT2D eigenvalue weighted by molar-refractivity contribution is 5.03. The zero-order valence-electron chi connectivity index (χ0n) is 13.7. The summed E-state index contributed by atoms with van der Waals surface area (Å²) in [6, 6.07) is 0. The van der Waals surface area contributed by atoms with Crippen LogP contribution in [0, 0.1) is 0 Å². The van der Waals surface area contributed by atoms with Crippen LogP contribution in [-0.4, -0.2) is 55.7 Å². The first-order chi connectivity index (χ1) is 11.3. The topological polar surface area (TPSA) is 63.2 Å². The van der Waals surface area contributed by atoms with E-state index in [1.54, 1.807) is 0 Å². The third kappa shape index (κ3) is 3.45. The lowest BCUT2D eigenvalue weighted by atomic mass is 10.3. The molecular weight excluding hydrogens is 292 g/mol. The Bertz CT molecular complexity index is 639. The van der Waals surface area contributed by atoms with Crippen LogP contribution in [0.1, 0.15) is 43.2 Å². The number of piperazine rings is 1. The van der Waals surface area contributed by atoms with Gasteiger partial charge >= 0.3 is 0 Å². The third-order valence-corrected chi connectivity index (χ3v) is 4.76. The second-order valence-corrected chi connectivity index (χ2v) is 6.50. The van der Waals surface area contributed by atoms with Crippen LogP contribution in [-0.2, 0) is 19.6 Å². The fourth-order valence-corrected chi connectivity index (χ4v) is 3.12. The molecule has 2 aromatic rings. The van der Waals surface area contributed by atoms with Crippen LogP contribution in [0.5, 0.6) is 0 Å². The molecule has 7 heteroatoms. The van der Waals surface area contributed by atoms with Gasteiger partial charge in [0.05, 0.1) is 13.1 Å². The minimum atomic E-state index is 0.562. The number of imidazole rings is 1. The molecule has 0 N–H and O–H groups in total. The molecule has 23 heavy (non-hydrogen) atoms. The smallest absolute Gasteiger partial charge is 0.240 e. The average Bonchev–Trinajstić information content (AvgIpc) is 3.15. The summed E-state index contributed by atoms with van der Waals surface area (Å²) < 4.78 is 7.59. The van der Waals surface area contributed by atoms with Gasteiger partial charge < -0.3 is 9.09 Å². The summed E-state index contributed by atoms with van der Waals surface area (Å²) >= 11 is 0. The van der Waals surface area contributed by atoms with E-state index in [4.69, 9.17) is 4.52 Å². The number of hydrogen-bond acceptors (Lipinski definition) is 6. The first kappa shape index (κ1) is 14.8. The Kier molecular flexibility index (Phi) is 4.13. The molecular formula is C16H24N6O. The third-order valence-electron chi connectivity index (χ3n) is 4.76. The molecule has 0 spiro atoms. The van der Waals surface area contributed by atoms with E-state index in [2.05, 4.69) is 42.6 Å². The lowest BCUT2D eigenvalue weighted by molar-refractivity contribution is 0.109. The monoisotopic (exact) mass is 316 g/mol. The molecule has 4 rings (SSSR count). The number of nitrogens with zero attached hydrogens (tertiary/aromatic N) is 6. The Balaban J connectivity index is 1.27. The molecule has 3 heterocycles. The highest BCUT2D eigenvalue weighted by atomic mass is 16.5. The average molecular weight is 316 g/mol. The summed E-state index contributed by atoms with van der Waals surface area (Å²) in [5, 5.41) is 4.09. The quantitative estimate of drug-likeness (QED) is 0.804. The van der Waals surface area contributed by atoms with Crippen molar-refractivity contribution in [2.24, 2.45) is 0 Å². The van der Waals surface area contributed by atoms with Crippen LogP contribution in [0.15, 0.2) is 16.9 Å². The van der Waals surface area contributed by atoms with Crippen LogP contribution in [0.4, 0.5) is 0 Å². The maximum Gasteiger partial charge on any atom is 0.240 e. The largest absolute Gasteiger partial charge is 0.338 e. The maximum absolute atomic E-state index is 5.38. The van der Waals surface area contributed by atoms with E-state index in [9.17, 15) is 0 Å². The van der Waals surface area contributed by atoms with Gasteiger partial charge in [-0.05, 0) is 19.8 Å². The minimum absolute atomic E-state index is 0.562. The van der Waals surface area contributed by atoms with Crippen molar-refractivity contribution in [1.82, 2.24) is 29.5 Å².